The van der Waals surface area contributed by atoms with Crippen molar-refractivity contribution in [2.24, 2.45) is 4.36 Å². The van der Waals surface area contributed by atoms with Crippen LogP contribution in [-0.4, -0.2) is 31.1 Å². The second kappa shape index (κ2) is 5.25. The van der Waals surface area contributed by atoms with E-state index in [9.17, 15) is 0 Å². The predicted molar refractivity (Wildman–Crippen MR) is 74.6 cm³/mol. The van der Waals surface area contributed by atoms with E-state index in [-0.39, 0.29) is 9.72 Å². The Kier molecular flexibility index (Phi) is 3.49. The Bertz CT molecular complexity index is 450. The van der Waals surface area contributed by atoms with Gasteiger partial charge in [0.05, 0.1) is 6.20 Å². The van der Waals surface area contributed by atoms with E-state index in [1.165, 1.54) is 9.92 Å². The van der Waals surface area contributed by atoms with Gasteiger partial charge in [0.15, 0.2) is 0 Å². The Balaban J connectivity index is 1.67. The van der Waals surface area contributed by atoms with Crippen molar-refractivity contribution in [3.63, 3.8) is 0 Å². The molecule has 1 aromatic carbocycles. The van der Waals surface area contributed by atoms with Crippen molar-refractivity contribution in [2.45, 2.75) is 4.90 Å². The lowest BCUT2D eigenvalue weighted by molar-refractivity contribution is 0.317. The van der Waals surface area contributed by atoms with E-state index >= 15 is 0 Å². The first-order valence-electron chi connectivity index (χ1n) is 5.78. The highest BCUT2D eigenvalue weighted by Crippen LogP contribution is 2.35. The van der Waals surface area contributed by atoms with Crippen LogP contribution in [0.15, 0.2) is 50.8 Å². The summed E-state index contributed by atoms with van der Waals surface area (Å²) in [4.78, 5) is 3.75. The molecule has 1 unspecified atom stereocenters. The summed E-state index contributed by atoms with van der Waals surface area (Å²) >= 11 is 0. The molecule has 0 radical (unpaired) electrons. The maximum Gasteiger partial charge on any atom is 0.102 e. The average Bonchev–Trinajstić information content (AvgIpc) is 2.90. The molecule has 1 saturated heterocycles. The minimum atomic E-state index is -0.0354. The van der Waals surface area contributed by atoms with Gasteiger partial charge in [-0.05, 0) is 22.9 Å². The van der Waals surface area contributed by atoms with Crippen LogP contribution < -0.4 is 5.32 Å². The summed E-state index contributed by atoms with van der Waals surface area (Å²) < 4.78 is 4.63. The lowest BCUT2D eigenvalue weighted by atomic mass is 10.4. The first kappa shape index (κ1) is 11.3. The molecule has 0 aliphatic carbocycles. The van der Waals surface area contributed by atoms with Gasteiger partial charge in [0.2, 0.25) is 0 Å². The van der Waals surface area contributed by atoms with Gasteiger partial charge >= 0.3 is 0 Å². The third kappa shape index (κ3) is 2.56. The molecule has 17 heavy (non-hydrogen) atoms. The molecule has 1 fully saturated rings. The number of hydrogen-bond acceptors (Lipinski definition) is 4. The largest absolute Gasteiger partial charge is 0.362 e. The van der Waals surface area contributed by atoms with Gasteiger partial charge in [0.1, 0.15) is 5.03 Å². The van der Waals surface area contributed by atoms with Crippen molar-refractivity contribution >= 4 is 20.5 Å². The number of piperazine rings is 1. The van der Waals surface area contributed by atoms with Crippen molar-refractivity contribution in [1.29, 1.82) is 0 Å². The molecule has 0 spiro atoms. The van der Waals surface area contributed by atoms with Crippen LogP contribution >= 0.6 is 10.8 Å². The van der Waals surface area contributed by atoms with E-state index in [4.69, 9.17) is 0 Å². The van der Waals surface area contributed by atoms with Crippen molar-refractivity contribution < 1.29 is 0 Å². The summed E-state index contributed by atoms with van der Waals surface area (Å²) in [6.07, 6.45) is 2.05. The summed E-state index contributed by atoms with van der Waals surface area (Å²) in [5.41, 5.74) is 0. The fraction of sp³-hybridized carbons (Fsp3) is 0.333. The zero-order chi connectivity index (χ0) is 11.5. The van der Waals surface area contributed by atoms with Crippen molar-refractivity contribution in [2.75, 3.05) is 26.2 Å². The molecule has 3 rings (SSSR count). The number of rotatable bonds is 2. The summed E-state index contributed by atoms with van der Waals surface area (Å²) in [5.74, 6) is 0. The van der Waals surface area contributed by atoms with E-state index in [0.29, 0.717) is 0 Å². The molecule has 3 nitrogen and oxygen atoms in total. The Morgan fingerprint density at radius 3 is 2.71 bits per heavy atom. The highest BCUT2D eigenvalue weighted by atomic mass is 33.1. The molecule has 5 heteroatoms. The summed E-state index contributed by atoms with van der Waals surface area (Å²) in [6.45, 7) is 4.36. The van der Waals surface area contributed by atoms with Crippen LogP contribution in [-0.2, 0) is 9.72 Å². The van der Waals surface area contributed by atoms with Gasteiger partial charge in [-0.15, -0.1) is 0 Å². The highest BCUT2D eigenvalue weighted by molar-refractivity contribution is 8.71. The normalized spacial score (nSPS) is 24.4. The number of benzene rings is 1. The molecule has 0 amide bonds. The second-order valence-electron chi connectivity index (χ2n) is 3.96. The molecule has 1 aromatic rings. The topological polar surface area (TPSA) is 27.6 Å². The second-order valence-corrected chi connectivity index (χ2v) is 7.17. The number of nitrogens with zero attached hydrogens (tertiary/aromatic N) is 2. The predicted octanol–water partition coefficient (Wildman–Crippen LogP) is 2.21. The summed E-state index contributed by atoms with van der Waals surface area (Å²) in [5, 5.41) is 4.71. The molecular weight excluding hydrogens is 250 g/mol. The third-order valence-electron chi connectivity index (χ3n) is 2.80. The molecular formula is C12H15N3S2. The van der Waals surface area contributed by atoms with Crippen LogP contribution in [0.25, 0.3) is 0 Å². The monoisotopic (exact) mass is 265 g/mol. The number of hydrogen-bond donors (Lipinski definition) is 1. The fourth-order valence-corrected chi connectivity index (χ4v) is 5.15. The Morgan fingerprint density at radius 1 is 1.18 bits per heavy atom. The smallest absolute Gasteiger partial charge is 0.102 e. The maximum atomic E-state index is 4.63. The van der Waals surface area contributed by atoms with E-state index in [1.54, 1.807) is 0 Å². The highest BCUT2D eigenvalue weighted by Gasteiger charge is 2.19. The van der Waals surface area contributed by atoms with E-state index < -0.39 is 0 Å². The van der Waals surface area contributed by atoms with Gasteiger partial charge in [0, 0.05) is 40.8 Å². The fourth-order valence-electron chi connectivity index (χ4n) is 1.88. The molecule has 2 aliphatic heterocycles. The molecule has 90 valence electrons. The lowest BCUT2D eigenvalue weighted by Gasteiger charge is -2.29. The third-order valence-corrected chi connectivity index (χ3v) is 6.28. The zero-order valence-electron chi connectivity index (χ0n) is 9.50. The average molecular weight is 265 g/mol. The summed E-state index contributed by atoms with van der Waals surface area (Å²) in [7, 11) is 1.86. The molecule has 0 saturated carbocycles. The Morgan fingerprint density at radius 2 is 1.94 bits per heavy atom. The van der Waals surface area contributed by atoms with Gasteiger partial charge in [-0.3, -0.25) is 0 Å². The van der Waals surface area contributed by atoms with Crippen molar-refractivity contribution in [3.8, 4) is 0 Å². The van der Waals surface area contributed by atoms with Crippen LogP contribution in [0, 0.1) is 0 Å². The lowest BCUT2D eigenvalue weighted by Crippen LogP contribution is -2.42. The first-order chi connectivity index (χ1) is 8.43. The van der Waals surface area contributed by atoms with Gasteiger partial charge in [0.25, 0.3) is 0 Å². The van der Waals surface area contributed by atoms with Gasteiger partial charge in [-0.1, -0.05) is 18.2 Å². The minimum absolute atomic E-state index is 0.0354. The Hall–Kier alpha value is -0.780. The van der Waals surface area contributed by atoms with Crippen LogP contribution in [0.5, 0.6) is 0 Å². The molecule has 0 aromatic heterocycles. The zero-order valence-corrected chi connectivity index (χ0v) is 11.1. The summed E-state index contributed by atoms with van der Waals surface area (Å²) in [6, 6.07) is 10.5. The van der Waals surface area contributed by atoms with Crippen LogP contribution in [0.3, 0.4) is 0 Å². The van der Waals surface area contributed by atoms with Gasteiger partial charge < -0.3 is 10.2 Å². The van der Waals surface area contributed by atoms with E-state index in [1.807, 2.05) is 17.0 Å². The van der Waals surface area contributed by atoms with E-state index in [2.05, 4.69) is 44.9 Å². The van der Waals surface area contributed by atoms with E-state index in [0.717, 1.165) is 26.2 Å². The van der Waals surface area contributed by atoms with Gasteiger partial charge in [-0.2, -0.15) is 0 Å². The molecule has 2 heterocycles. The molecule has 1 N–H and O–H groups in total. The molecule has 2 aliphatic rings. The first-order valence-corrected chi connectivity index (χ1v) is 8.29. The van der Waals surface area contributed by atoms with Crippen molar-refractivity contribution in [1.82, 2.24) is 10.2 Å². The van der Waals surface area contributed by atoms with Crippen LogP contribution in [0.1, 0.15) is 0 Å². The Labute approximate surface area is 108 Å². The van der Waals surface area contributed by atoms with Crippen molar-refractivity contribution in [3.05, 3.63) is 41.6 Å². The molecule has 0 bridgehead atoms. The minimum Gasteiger partial charge on any atom is -0.362 e. The van der Waals surface area contributed by atoms with Crippen LogP contribution in [0.2, 0.25) is 0 Å². The SMILES string of the molecule is C1=C(N2CCNCC2)SS(c2ccccc2)=N1. The molecule has 1 atom stereocenters. The van der Waals surface area contributed by atoms with Crippen LogP contribution in [0.4, 0.5) is 0 Å². The maximum absolute atomic E-state index is 4.63. The standard InChI is InChI=1S/C12H15N3S2/c1-2-4-11(5-3-1)17-14-10-12(16-17)15-8-6-13-7-9-15/h1-5,10,13H,6-9H2. The quantitative estimate of drug-likeness (QED) is 0.831. The van der Waals surface area contributed by atoms with Gasteiger partial charge in [-0.25, -0.2) is 4.36 Å². The number of nitrogens with one attached hydrogen (secondary N) is 1.